The second-order valence-electron chi connectivity index (χ2n) is 6.94. The standard InChI is InChI=1S/C22H21FN4OS/c1-15-14-18(29-21-24-11-3-12-25-21)9-10-19(15)26-22(28)27-13-2-4-20(27)16-5-7-17(23)8-6-16/h3,5-12,14,20H,2,4,13H2,1H3,(H,26,28). The number of likely N-dealkylation sites (tertiary alicyclic amines) is 1. The molecule has 0 spiro atoms. The van der Waals surface area contributed by atoms with E-state index in [-0.39, 0.29) is 17.9 Å². The molecule has 0 radical (unpaired) electrons. The number of hydrogen-bond acceptors (Lipinski definition) is 4. The highest BCUT2D eigenvalue weighted by molar-refractivity contribution is 7.99. The summed E-state index contributed by atoms with van der Waals surface area (Å²) < 4.78 is 13.2. The van der Waals surface area contributed by atoms with Crippen LogP contribution in [0.2, 0.25) is 0 Å². The number of halogens is 1. The molecule has 29 heavy (non-hydrogen) atoms. The monoisotopic (exact) mass is 408 g/mol. The Bertz CT molecular complexity index is 997. The fourth-order valence-corrected chi connectivity index (χ4v) is 4.32. The minimum absolute atomic E-state index is 0.0269. The SMILES string of the molecule is Cc1cc(Sc2ncccn2)ccc1NC(=O)N1CCCC1c1ccc(F)cc1. The summed E-state index contributed by atoms with van der Waals surface area (Å²) in [6.07, 6.45) is 5.24. The number of carbonyl (C=O) groups excluding carboxylic acids is 1. The number of urea groups is 1. The molecule has 1 aliphatic heterocycles. The number of carbonyl (C=O) groups is 1. The van der Waals surface area contributed by atoms with Crippen molar-refractivity contribution in [2.75, 3.05) is 11.9 Å². The van der Waals surface area contributed by atoms with Crippen LogP contribution in [0.15, 0.2) is 71.0 Å². The van der Waals surface area contributed by atoms with Gasteiger partial charge in [0.2, 0.25) is 0 Å². The Morgan fingerprint density at radius 3 is 2.66 bits per heavy atom. The molecule has 1 fully saturated rings. The molecule has 0 bridgehead atoms. The molecule has 1 aromatic heterocycles. The Kier molecular flexibility index (Phi) is 5.76. The maximum absolute atomic E-state index is 13.2. The molecule has 2 aromatic carbocycles. The van der Waals surface area contributed by atoms with E-state index in [9.17, 15) is 9.18 Å². The zero-order chi connectivity index (χ0) is 20.2. The molecule has 148 valence electrons. The van der Waals surface area contributed by atoms with Crippen molar-refractivity contribution in [3.63, 3.8) is 0 Å². The molecule has 2 amide bonds. The average Bonchev–Trinajstić information content (AvgIpc) is 3.21. The Morgan fingerprint density at radius 1 is 1.17 bits per heavy atom. The summed E-state index contributed by atoms with van der Waals surface area (Å²) in [4.78, 5) is 24.2. The molecule has 3 aromatic rings. The normalized spacial score (nSPS) is 16.1. The number of amides is 2. The van der Waals surface area contributed by atoms with Crippen molar-refractivity contribution in [1.82, 2.24) is 14.9 Å². The summed E-state index contributed by atoms with van der Waals surface area (Å²) in [5.41, 5.74) is 2.71. The van der Waals surface area contributed by atoms with E-state index in [1.807, 2.05) is 30.0 Å². The lowest BCUT2D eigenvalue weighted by molar-refractivity contribution is 0.207. The maximum atomic E-state index is 13.2. The van der Waals surface area contributed by atoms with E-state index in [0.29, 0.717) is 11.7 Å². The molecule has 0 aliphatic carbocycles. The topological polar surface area (TPSA) is 58.1 Å². The van der Waals surface area contributed by atoms with Gasteiger partial charge in [0.05, 0.1) is 6.04 Å². The molecule has 1 unspecified atom stereocenters. The summed E-state index contributed by atoms with van der Waals surface area (Å²) in [5, 5.41) is 3.71. The van der Waals surface area contributed by atoms with Crippen LogP contribution in [-0.4, -0.2) is 27.4 Å². The third-order valence-electron chi connectivity index (χ3n) is 4.96. The zero-order valence-electron chi connectivity index (χ0n) is 16.0. The highest BCUT2D eigenvalue weighted by Crippen LogP contribution is 2.33. The third kappa shape index (κ3) is 4.56. The summed E-state index contributed by atoms with van der Waals surface area (Å²) in [6, 6.07) is 13.9. The Morgan fingerprint density at radius 2 is 1.93 bits per heavy atom. The quantitative estimate of drug-likeness (QED) is 0.584. The van der Waals surface area contributed by atoms with Crippen LogP contribution >= 0.6 is 11.8 Å². The summed E-state index contributed by atoms with van der Waals surface area (Å²) in [5.74, 6) is -0.266. The van der Waals surface area contributed by atoms with E-state index in [4.69, 9.17) is 0 Å². The number of anilines is 1. The van der Waals surface area contributed by atoms with Crippen molar-refractivity contribution < 1.29 is 9.18 Å². The van der Waals surface area contributed by atoms with Gasteiger partial charge in [0, 0.05) is 29.5 Å². The van der Waals surface area contributed by atoms with Gasteiger partial charge in [-0.3, -0.25) is 0 Å². The average molecular weight is 409 g/mol. The van der Waals surface area contributed by atoms with Crippen LogP contribution in [0.4, 0.5) is 14.9 Å². The number of rotatable bonds is 4. The van der Waals surface area contributed by atoms with Gasteiger partial charge in [0.25, 0.3) is 0 Å². The highest BCUT2D eigenvalue weighted by Gasteiger charge is 2.30. The Hall–Kier alpha value is -2.93. The number of hydrogen-bond donors (Lipinski definition) is 1. The fraction of sp³-hybridized carbons (Fsp3) is 0.227. The molecule has 1 saturated heterocycles. The van der Waals surface area contributed by atoms with Gasteiger partial charge in [-0.05, 0) is 79.1 Å². The molecule has 2 heterocycles. The van der Waals surface area contributed by atoms with Gasteiger partial charge in [-0.2, -0.15) is 0 Å². The van der Waals surface area contributed by atoms with Gasteiger partial charge in [0.15, 0.2) is 5.16 Å². The van der Waals surface area contributed by atoms with Crippen LogP contribution < -0.4 is 5.32 Å². The summed E-state index contributed by atoms with van der Waals surface area (Å²) in [6.45, 7) is 2.65. The highest BCUT2D eigenvalue weighted by atomic mass is 32.2. The molecular weight excluding hydrogens is 387 g/mol. The minimum atomic E-state index is -0.266. The van der Waals surface area contributed by atoms with Crippen LogP contribution in [-0.2, 0) is 0 Å². The van der Waals surface area contributed by atoms with Crippen LogP contribution in [0.3, 0.4) is 0 Å². The van der Waals surface area contributed by atoms with Gasteiger partial charge >= 0.3 is 6.03 Å². The second-order valence-corrected chi connectivity index (χ2v) is 7.98. The van der Waals surface area contributed by atoms with E-state index < -0.39 is 0 Å². The summed E-state index contributed by atoms with van der Waals surface area (Å²) >= 11 is 1.48. The lowest BCUT2D eigenvalue weighted by Crippen LogP contribution is -2.34. The van der Waals surface area contributed by atoms with Crippen molar-refractivity contribution in [1.29, 1.82) is 0 Å². The first-order chi connectivity index (χ1) is 14.1. The van der Waals surface area contributed by atoms with E-state index in [0.717, 1.165) is 34.6 Å². The van der Waals surface area contributed by atoms with Gasteiger partial charge in [-0.1, -0.05) is 12.1 Å². The van der Waals surface area contributed by atoms with E-state index >= 15 is 0 Å². The number of aryl methyl sites for hydroxylation is 1. The molecule has 1 atom stereocenters. The van der Waals surface area contributed by atoms with Crippen LogP contribution in [0, 0.1) is 12.7 Å². The largest absolute Gasteiger partial charge is 0.322 e. The van der Waals surface area contributed by atoms with Crippen molar-refractivity contribution >= 4 is 23.5 Å². The molecule has 5 nitrogen and oxygen atoms in total. The van der Waals surface area contributed by atoms with Gasteiger partial charge in [-0.15, -0.1) is 0 Å². The lowest BCUT2D eigenvalue weighted by Gasteiger charge is -2.26. The number of benzene rings is 2. The zero-order valence-corrected chi connectivity index (χ0v) is 16.8. The van der Waals surface area contributed by atoms with Crippen molar-refractivity contribution in [2.45, 2.75) is 35.9 Å². The second kappa shape index (κ2) is 8.61. The predicted molar refractivity (Wildman–Crippen MR) is 111 cm³/mol. The van der Waals surface area contributed by atoms with Crippen molar-refractivity contribution in [2.24, 2.45) is 0 Å². The van der Waals surface area contributed by atoms with E-state index in [1.165, 1.54) is 23.9 Å². The first-order valence-electron chi connectivity index (χ1n) is 9.49. The number of nitrogens with zero attached hydrogens (tertiary/aromatic N) is 3. The Labute approximate surface area is 173 Å². The van der Waals surface area contributed by atoms with Crippen LogP contribution in [0.1, 0.15) is 30.0 Å². The van der Waals surface area contributed by atoms with E-state index in [2.05, 4.69) is 15.3 Å². The molecule has 4 rings (SSSR count). The molecule has 7 heteroatoms. The number of aromatic nitrogens is 2. The molecule has 1 N–H and O–H groups in total. The van der Waals surface area contributed by atoms with Crippen LogP contribution in [0.25, 0.3) is 0 Å². The first-order valence-corrected chi connectivity index (χ1v) is 10.3. The maximum Gasteiger partial charge on any atom is 0.322 e. The predicted octanol–water partition coefficient (Wildman–Crippen LogP) is 5.44. The van der Waals surface area contributed by atoms with Gasteiger partial charge < -0.3 is 10.2 Å². The molecule has 0 saturated carbocycles. The lowest BCUT2D eigenvalue weighted by atomic mass is 10.0. The third-order valence-corrected chi connectivity index (χ3v) is 5.84. The van der Waals surface area contributed by atoms with Crippen molar-refractivity contribution in [3.8, 4) is 0 Å². The number of nitrogens with one attached hydrogen (secondary N) is 1. The van der Waals surface area contributed by atoms with E-state index in [1.54, 1.807) is 30.6 Å². The minimum Gasteiger partial charge on any atom is -0.317 e. The van der Waals surface area contributed by atoms with Crippen molar-refractivity contribution in [3.05, 3.63) is 77.9 Å². The molecule has 1 aliphatic rings. The first kappa shape index (κ1) is 19.4. The summed E-state index contributed by atoms with van der Waals surface area (Å²) in [7, 11) is 0. The fourth-order valence-electron chi connectivity index (χ4n) is 3.51. The van der Waals surface area contributed by atoms with Crippen LogP contribution in [0.5, 0.6) is 0 Å². The smallest absolute Gasteiger partial charge is 0.317 e. The Balaban J connectivity index is 1.45. The van der Waals surface area contributed by atoms with Gasteiger partial charge in [0.1, 0.15) is 5.82 Å². The van der Waals surface area contributed by atoms with Gasteiger partial charge in [-0.25, -0.2) is 19.2 Å². The molecular formula is C22H21FN4OS.